The third-order valence-electron chi connectivity index (χ3n) is 6.60. The molecule has 1 amide bonds. The summed E-state index contributed by atoms with van der Waals surface area (Å²) in [7, 11) is 0. The monoisotopic (exact) mass is 452 g/mol. The summed E-state index contributed by atoms with van der Waals surface area (Å²) in [5.74, 6) is 0.851. The lowest BCUT2D eigenvalue weighted by molar-refractivity contribution is -0.120. The number of thiophene rings is 1. The van der Waals surface area contributed by atoms with Crippen LogP contribution in [0, 0.1) is 5.92 Å². The Balaban J connectivity index is 1.13. The zero-order valence-electron chi connectivity index (χ0n) is 18.2. The number of aromatic nitrogens is 2. The van der Waals surface area contributed by atoms with Crippen molar-refractivity contribution in [2.45, 2.75) is 19.3 Å². The largest absolute Gasteiger partial charge is 0.354 e. The van der Waals surface area contributed by atoms with E-state index < -0.39 is 0 Å². The fourth-order valence-corrected chi connectivity index (χ4v) is 5.61. The number of anilines is 2. The van der Waals surface area contributed by atoms with Gasteiger partial charge < -0.3 is 10.2 Å². The van der Waals surface area contributed by atoms with Crippen LogP contribution in [0.4, 0.5) is 11.5 Å². The van der Waals surface area contributed by atoms with Gasteiger partial charge in [0.15, 0.2) is 5.82 Å². The number of amides is 1. The van der Waals surface area contributed by atoms with Gasteiger partial charge in [-0.25, -0.2) is 0 Å². The van der Waals surface area contributed by atoms with Crippen LogP contribution in [0.15, 0.2) is 72.1 Å². The predicted molar refractivity (Wildman–Crippen MR) is 134 cm³/mol. The predicted octanol–water partition coefficient (Wildman–Crippen LogP) is 5.63. The number of benzene rings is 2. The number of carbonyl (C=O) groups excluding carboxylic acids is 1. The lowest BCUT2D eigenvalue weighted by Gasteiger charge is -2.32. The van der Waals surface area contributed by atoms with Crippen LogP contribution < -0.4 is 10.2 Å². The molecule has 2 aliphatic rings. The Morgan fingerprint density at radius 1 is 0.970 bits per heavy atom. The summed E-state index contributed by atoms with van der Waals surface area (Å²) in [5.41, 5.74) is 6.98. The fraction of sp³-hybridized carbons (Fsp3) is 0.222. The molecule has 0 bridgehead atoms. The number of hydrogen-bond acceptors (Lipinski definition) is 5. The Morgan fingerprint density at radius 2 is 1.88 bits per heavy atom. The van der Waals surface area contributed by atoms with Crippen molar-refractivity contribution >= 4 is 28.7 Å². The first-order valence-electron chi connectivity index (χ1n) is 11.4. The molecular formula is C27H24N4OS. The van der Waals surface area contributed by atoms with Crippen LogP contribution in [0.25, 0.3) is 21.7 Å². The topological polar surface area (TPSA) is 58.1 Å². The zero-order chi connectivity index (χ0) is 22.2. The molecule has 33 heavy (non-hydrogen) atoms. The molecule has 1 fully saturated rings. The van der Waals surface area contributed by atoms with E-state index in [0.717, 1.165) is 47.9 Å². The van der Waals surface area contributed by atoms with E-state index in [-0.39, 0.29) is 11.8 Å². The normalized spacial score (nSPS) is 16.8. The molecule has 0 spiro atoms. The van der Waals surface area contributed by atoms with E-state index in [2.05, 4.69) is 56.8 Å². The molecule has 1 unspecified atom stereocenters. The van der Waals surface area contributed by atoms with Gasteiger partial charge in [0.1, 0.15) is 5.69 Å². The molecule has 1 N–H and O–H groups in total. The fourth-order valence-electron chi connectivity index (χ4n) is 4.92. The molecule has 6 rings (SSSR count). The summed E-state index contributed by atoms with van der Waals surface area (Å²) >= 11 is 1.66. The maximum Gasteiger partial charge on any atom is 0.229 e. The molecule has 1 aliphatic carbocycles. The van der Waals surface area contributed by atoms with Gasteiger partial charge in [-0.05, 0) is 77.2 Å². The van der Waals surface area contributed by atoms with Crippen molar-refractivity contribution in [1.29, 1.82) is 0 Å². The minimum Gasteiger partial charge on any atom is -0.354 e. The molecule has 164 valence electrons. The van der Waals surface area contributed by atoms with Gasteiger partial charge in [0.25, 0.3) is 0 Å². The minimum atomic E-state index is -0.0667. The molecule has 6 heteroatoms. The average Bonchev–Trinajstić information content (AvgIpc) is 3.52. The third kappa shape index (κ3) is 3.91. The van der Waals surface area contributed by atoms with Crippen molar-refractivity contribution in [3.05, 3.63) is 83.2 Å². The Bertz CT molecular complexity index is 1300. The number of carbonyl (C=O) groups is 1. The van der Waals surface area contributed by atoms with E-state index in [4.69, 9.17) is 0 Å². The van der Waals surface area contributed by atoms with Gasteiger partial charge in [-0.1, -0.05) is 36.4 Å². The number of hydrogen-bond donors (Lipinski definition) is 1. The highest BCUT2D eigenvalue weighted by Crippen LogP contribution is 2.37. The summed E-state index contributed by atoms with van der Waals surface area (Å²) in [6, 6.07) is 22.9. The summed E-state index contributed by atoms with van der Waals surface area (Å²) in [4.78, 5) is 16.4. The van der Waals surface area contributed by atoms with E-state index in [0.29, 0.717) is 6.54 Å². The van der Waals surface area contributed by atoms with Crippen molar-refractivity contribution < 1.29 is 4.79 Å². The maximum absolute atomic E-state index is 13.1. The number of rotatable bonds is 4. The molecule has 2 aromatic heterocycles. The Kier molecular flexibility index (Phi) is 5.15. The second-order valence-electron chi connectivity index (χ2n) is 8.73. The van der Waals surface area contributed by atoms with Crippen molar-refractivity contribution in [1.82, 2.24) is 10.2 Å². The lowest BCUT2D eigenvalue weighted by atomic mass is 9.97. The second kappa shape index (κ2) is 8.45. The summed E-state index contributed by atoms with van der Waals surface area (Å²) < 4.78 is 0. The highest BCUT2D eigenvalue weighted by molar-refractivity contribution is 7.13. The number of fused-ring (bicyclic) bond motifs is 3. The molecule has 1 atom stereocenters. The second-order valence-corrected chi connectivity index (χ2v) is 9.68. The van der Waals surface area contributed by atoms with E-state index in [9.17, 15) is 4.79 Å². The van der Waals surface area contributed by atoms with Gasteiger partial charge in [0.05, 0.1) is 10.8 Å². The zero-order valence-corrected chi connectivity index (χ0v) is 19.0. The van der Waals surface area contributed by atoms with Gasteiger partial charge in [0, 0.05) is 18.8 Å². The van der Waals surface area contributed by atoms with Crippen LogP contribution in [0.5, 0.6) is 0 Å². The molecule has 0 saturated carbocycles. The maximum atomic E-state index is 13.1. The summed E-state index contributed by atoms with van der Waals surface area (Å²) in [6.45, 7) is 1.56. The highest BCUT2D eigenvalue weighted by atomic mass is 32.1. The molecule has 2 aromatic carbocycles. The van der Waals surface area contributed by atoms with E-state index in [1.165, 1.54) is 22.3 Å². The van der Waals surface area contributed by atoms with Crippen molar-refractivity contribution in [3.63, 3.8) is 0 Å². The molecule has 5 nitrogen and oxygen atoms in total. The van der Waals surface area contributed by atoms with Gasteiger partial charge in [0.2, 0.25) is 5.91 Å². The number of nitrogens with zero attached hydrogens (tertiary/aromatic N) is 3. The number of nitrogens with one attached hydrogen (secondary N) is 1. The molecule has 3 heterocycles. The Labute approximate surface area is 197 Å². The van der Waals surface area contributed by atoms with Crippen LogP contribution in [0.1, 0.15) is 24.0 Å². The van der Waals surface area contributed by atoms with Gasteiger partial charge >= 0.3 is 0 Å². The minimum absolute atomic E-state index is 0.0667. The average molecular weight is 453 g/mol. The lowest BCUT2D eigenvalue weighted by Crippen LogP contribution is -2.41. The van der Waals surface area contributed by atoms with Crippen LogP contribution in [0.3, 0.4) is 0 Å². The first-order valence-corrected chi connectivity index (χ1v) is 12.3. The van der Waals surface area contributed by atoms with Crippen LogP contribution >= 0.6 is 11.3 Å². The summed E-state index contributed by atoms with van der Waals surface area (Å²) in [5, 5.41) is 14.1. The highest BCUT2D eigenvalue weighted by Gasteiger charge is 2.27. The van der Waals surface area contributed by atoms with E-state index in [1.54, 1.807) is 11.3 Å². The first-order chi connectivity index (χ1) is 16.2. The van der Waals surface area contributed by atoms with Crippen LogP contribution in [-0.4, -0.2) is 29.2 Å². The quantitative estimate of drug-likeness (QED) is 0.384. The Morgan fingerprint density at radius 3 is 2.73 bits per heavy atom. The molecular weight excluding hydrogens is 428 g/mol. The molecule has 0 radical (unpaired) electrons. The van der Waals surface area contributed by atoms with E-state index in [1.807, 2.05) is 35.7 Å². The molecule has 1 saturated heterocycles. The van der Waals surface area contributed by atoms with Crippen molar-refractivity contribution in [3.8, 4) is 21.7 Å². The Hall–Kier alpha value is -3.51. The van der Waals surface area contributed by atoms with E-state index >= 15 is 0 Å². The third-order valence-corrected chi connectivity index (χ3v) is 7.49. The number of piperidine rings is 1. The molecule has 1 aliphatic heterocycles. The van der Waals surface area contributed by atoms with Gasteiger partial charge in [-0.15, -0.1) is 21.5 Å². The smallest absolute Gasteiger partial charge is 0.229 e. The van der Waals surface area contributed by atoms with Crippen LogP contribution in [0.2, 0.25) is 0 Å². The first kappa shape index (κ1) is 20.1. The summed E-state index contributed by atoms with van der Waals surface area (Å²) in [6.07, 6.45) is 2.78. The van der Waals surface area contributed by atoms with Crippen LogP contribution in [-0.2, 0) is 11.2 Å². The van der Waals surface area contributed by atoms with Gasteiger partial charge in [-0.3, -0.25) is 4.79 Å². The SMILES string of the molecule is O=C(Nc1ccc2c(c1)Cc1ccccc1-2)C1CCCN(c2ccc(-c3cccs3)nn2)C1. The van der Waals surface area contributed by atoms with Crippen molar-refractivity contribution in [2.75, 3.05) is 23.3 Å². The van der Waals surface area contributed by atoms with Gasteiger partial charge in [-0.2, -0.15) is 0 Å². The standard InChI is InChI=1S/C27H24N4OS/c32-27(28-21-9-10-23-20(16-21)15-18-5-1-2-7-22(18)23)19-6-3-13-31(17-19)26-12-11-24(29-30-26)25-8-4-14-33-25/h1-2,4-5,7-12,14,16,19H,3,6,13,15,17H2,(H,28,32). The van der Waals surface area contributed by atoms with Crippen molar-refractivity contribution in [2.24, 2.45) is 5.92 Å². The molecule has 4 aromatic rings.